The van der Waals surface area contributed by atoms with Crippen molar-refractivity contribution in [2.45, 2.75) is 53.4 Å². The van der Waals surface area contributed by atoms with Crippen molar-refractivity contribution < 1.29 is 0 Å². The number of hydrogen-bond acceptors (Lipinski definition) is 0. The highest BCUT2D eigenvalue weighted by Gasteiger charge is 2.47. The van der Waals surface area contributed by atoms with Crippen LogP contribution >= 0.6 is 7.26 Å². The van der Waals surface area contributed by atoms with Crippen LogP contribution in [-0.4, -0.2) is 6.15 Å². The minimum atomic E-state index is -1.91. The van der Waals surface area contributed by atoms with Crippen LogP contribution in [0.25, 0.3) is 0 Å². The maximum absolute atomic E-state index is 2.37. The molecule has 0 aliphatic carbocycles. The summed E-state index contributed by atoms with van der Waals surface area (Å²) in [5, 5.41) is 5.55. The topological polar surface area (TPSA) is 0 Å². The van der Waals surface area contributed by atoms with Gasteiger partial charge in [-0.3, -0.25) is 0 Å². The van der Waals surface area contributed by atoms with Crippen molar-refractivity contribution in [2.24, 2.45) is 0 Å². The average molecular weight is 771 g/mol. The van der Waals surface area contributed by atoms with Gasteiger partial charge < -0.3 is 0 Å². The Morgan fingerprint density at radius 2 is 0.448 bits per heavy atom. The molecule has 0 bridgehead atoms. The van der Waals surface area contributed by atoms with Crippen LogP contribution in [0.1, 0.15) is 49.9 Å². The average Bonchev–Trinajstić information content (AvgIpc) is 3.32. The standard InChI is InChI=1S/C32H36B.C24H20P/c1-5-25-9-17-29(18-10-25)33(30-19-11-26(6-2)12-20-30,31-21-13-27(7-3)14-22-31)32-23-15-28(8-4)16-24-32;1-5-13-21(14-6-1)25(22-15-7-2-8-16-22,23-17-9-3-10-18-23)24-19-11-4-12-20-24/h9-24H,5-8H2,1-4H3;1-20H/q-1;+1. The molecule has 0 saturated carbocycles. The van der Waals surface area contributed by atoms with E-state index in [0.717, 1.165) is 25.7 Å². The van der Waals surface area contributed by atoms with Crippen LogP contribution in [0.5, 0.6) is 0 Å². The molecule has 288 valence electrons. The summed E-state index contributed by atoms with van der Waals surface area (Å²) in [4.78, 5) is 0. The Labute approximate surface area is 348 Å². The van der Waals surface area contributed by atoms with Crippen LogP contribution in [-0.2, 0) is 25.7 Å². The lowest BCUT2D eigenvalue weighted by Crippen LogP contribution is -2.74. The van der Waals surface area contributed by atoms with Gasteiger partial charge in [0, 0.05) is 0 Å². The second kappa shape index (κ2) is 19.1. The summed E-state index contributed by atoms with van der Waals surface area (Å²) in [6.07, 6.45) is 2.93. The Balaban J connectivity index is 0.000000183. The van der Waals surface area contributed by atoms with Crippen molar-refractivity contribution in [2.75, 3.05) is 0 Å². The quantitative estimate of drug-likeness (QED) is 0.0858. The molecule has 0 aliphatic heterocycles. The predicted molar refractivity (Wildman–Crippen MR) is 259 cm³/mol. The number of hydrogen-bond donors (Lipinski definition) is 0. The van der Waals surface area contributed by atoms with Crippen molar-refractivity contribution in [1.82, 2.24) is 0 Å². The second-order valence-electron chi connectivity index (χ2n) is 15.3. The first-order valence-electron chi connectivity index (χ1n) is 21.2. The highest BCUT2D eigenvalue weighted by molar-refractivity contribution is 8.01. The second-order valence-corrected chi connectivity index (χ2v) is 18.7. The largest absolute Gasteiger partial charge is 0.195 e. The van der Waals surface area contributed by atoms with E-state index in [9.17, 15) is 0 Å². The van der Waals surface area contributed by atoms with E-state index in [2.05, 4.69) is 246 Å². The third-order valence-corrected chi connectivity index (χ3v) is 16.4. The molecule has 2 heteroatoms. The fourth-order valence-corrected chi connectivity index (χ4v) is 13.1. The lowest BCUT2D eigenvalue weighted by Gasteiger charge is -2.44. The Hall–Kier alpha value is -5.75. The predicted octanol–water partition coefficient (Wildman–Crippen LogP) is 9.62. The maximum atomic E-state index is 2.37. The van der Waals surface area contributed by atoms with Crippen LogP contribution in [0.4, 0.5) is 0 Å². The van der Waals surface area contributed by atoms with E-state index in [-0.39, 0.29) is 0 Å². The highest BCUT2D eigenvalue weighted by Crippen LogP contribution is 2.54. The van der Waals surface area contributed by atoms with Gasteiger partial charge in [0.2, 0.25) is 0 Å². The third-order valence-electron chi connectivity index (χ3n) is 12.1. The van der Waals surface area contributed by atoms with Gasteiger partial charge in [-0.05, 0) is 96.5 Å². The van der Waals surface area contributed by atoms with Gasteiger partial charge in [-0.2, -0.15) is 21.9 Å². The maximum Gasteiger partial charge on any atom is 0.144 e. The first-order chi connectivity index (χ1) is 28.6. The molecule has 0 fully saturated rings. The minimum Gasteiger partial charge on any atom is -0.195 e. The van der Waals surface area contributed by atoms with Crippen molar-refractivity contribution in [1.29, 1.82) is 0 Å². The van der Waals surface area contributed by atoms with Gasteiger partial charge >= 0.3 is 0 Å². The van der Waals surface area contributed by atoms with E-state index in [1.165, 1.54) is 65.3 Å². The van der Waals surface area contributed by atoms with E-state index >= 15 is 0 Å². The molecule has 0 aliphatic rings. The van der Waals surface area contributed by atoms with Crippen molar-refractivity contribution >= 4 is 56.5 Å². The Morgan fingerprint density at radius 3 is 0.621 bits per heavy atom. The fourth-order valence-electron chi connectivity index (χ4n) is 8.82. The minimum absolute atomic E-state index is 1.06. The smallest absolute Gasteiger partial charge is 0.144 e. The summed E-state index contributed by atoms with van der Waals surface area (Å²) in [6.45, 7) is 8.90. The van der Waals surface area contributed by atoms with Crippen LogP contribution in [0.3, 0.4) is 0 Å². The molecule has 0 unspecified atom stereocenters. The number of aryl methyl sites for hydroxylation is 4. The van der Waals surface area contributed by atoms with E-state index in [0.29, 0.717) is 0 Å². The molecule has 0 saturated heterocycles. The van der Waals surface area contributed by atoms with Crippen molar-refractivity contribution in [3.63, 3.8) is 0 Å². The SMILES string of the molecule is CCc1ccc([B-](c2ccc(CC)cc2)(c2ccc(CC)cc2)c2ccc(CC)cc2)cc1.c1ccc([P+](c2ccccc2)(c2ccccc2)c2ccccc2)cc1. The Kier molecular flexibility index (Phi) is 13.3. The van der Waals surface area contributed by atoms with Crippen molar-refractivity contribution in [3.8, 4) is 0 Å². The molecule has 0 aromatic heterocycles. The van der Waals surface area contributed by atoms with Gasteiger partial charge in [0.25, 0.3) is 0 Å². The van der Waals surface area contributed by atoms with E-state index in [4.69, 9.17) is 0 Å². The van der Waals surface area contributed by atoms with Gasteiger partial charge in [-0.25, -0.2) is 0 Å². The van der Waals surface area contributed by atoms with Crippen molar-refractivity contribution in [3.05, 3.63) is 241 Å². The molecule has 0 N–H and O–H groups in total. The van der Waals surface area contributed by atoms with Gasteiger partial charge in [-0.1, -0.05) is 198 Å². The molecule has 58 heavy (non-hydrogen) atoms. The molecule has 8 rings (SSSR count). The summed E-state index contributed by atoms with van der Waals surface area (Å²) in [6, 6.07) is 81.3. The van der Waals surface area contributed by atoms with Crippen LogP contribution in [0, 0.1) is 0 Å². The van der Waals surface area contributed by atoms with Gasteiger partial charge in [0.15, 0.2) is 0 Å². The highest BCUT2D eigenvalue weighted by atomic mass is 31.2. The summed E-state index contributed by atoms with van der Waals surface area (Å²) in [5.74, 6) is 0. The molecule has 0 nitrogen and oxygen atoms in total. The molecule has 0 radical (unpaired) electrons. The van der Waals surface area contributed by atoms with E-state index in [1.54, 1.807) is 0 Å². The number of benzene rings is 8. The lowest BCUT2D eigenvalue weighted by molar-refractivity contribution is 1.14. The lowest BCUT2D eigenvalue weighted by atomic mass is 9.13. The zero-order chi connectivity index (χ0) is 40.2. The third kappa shape index (κ3) is 8.16. The molecular weight excluding hydrogens is 714 g/mol. The monoisotopic (exact) mass is 770 g/mol. The molecule has 8 aromatic carbocycles. The number of rotatable bonds is 12. The van der Waals surface area contributed by atoms with E-state index < -0.39 is 13.4 Å². The zero-order valence-corrected chi connectivity index (χ0v) is 35.5. The summed E-state index contributed by atoms with van der Waals surface area (Å²) < 4.78 is 0. The Morgan fingerprint density at radius 1 is 0.259 bits per heavy atom. The molecule has 0 heterocycles. The first kappa shape index (κ1) is 40.5. The normalized spacial score (nSPS) is 11.4. The molecular formula is C56H56BP. The van der Waals surface area contributed by atoms with Gasteiger partial charge in [-0.15, -0.1) is 0 Å². The summed E-state index contributed by atoms with van der Waals surface area (Å²) in [5.41, 5.74) is 11.0. The fraction of sp³-hybridized carbons (Fsp3) is 0.143. The molecule has 8 aromatic rings. The molecule has 0 spiro atoms. The first-order valence-corrected chi connectivity index (χ1v) is 23.0. The van der Waals surface area contributed by atoms with Crippen LogP contribution < -0.4 is 43.1 Å². The van der Waals surface area contributed by atoms with Crippen LogP contribution in [0.2, 0.25) is 0 Å². The van der Waals surface area contributed by atoms with Gasteiger partial charge in [0.1, 0.15) is 34.6 Å². The zero-order valence-electron chi connectivity index (χ0n) is 34.6. The van der Waals surface area contributed by atoms with Crippen LogP contribution in [0.15, 0.2) is 218 Å². The molecule has 0 amide bonds. The van der Waals surface area contributed by atoms with Gasteiger partial charge in [0.05, 0.1) is 0 Å². The molecule has 0 atom stereocenters. The van der Waals surface area contributed by atoms with E-state index in [1.807, 2.05) is 0 Å². The Bertz CT molecular complexity index is 2060. The summed E-state index contributed by atoms with van der Waals surface area (Å²) >= 11 is 0. The summed E-state index contributed by atoms with van der Waals surface area (Å²) in [7, 11) is -1.91.